The fourth-order valence-corrected chi connectivity index (χ4v) is 0.116. The van der Waals surface area contributed by atoms with Crippen LogP contribution in [0.25, 0.3) is 0 Å². The van der Waals surface area contributed by atoms with Crippen LogP contribution < -0.4 is 10.9 Å². The van der Waals surface area contributed by atoms with Crippen molar-refractivity contribution in [1.82, 2.24) is 10.9 Å². The van der Waals surface area contributed by atoms with E-state index in [-0.39, 0.29) is 5.91 Å². The Morgan fingerprint density at radius 1 is 1.86 bits per heavy atom. The summed E-state index contributed by atoms with van der Waals surface area (Å²) in [7, 11) is 0. The van der Waals surface area contributed by atoms with E-state index in [1.807, 2.05) is 10.9 Å². The first kappa shape index (κ1) is 5.76. The number of nitriles is 1. The van der Waals surface area contributed by atoms with Crippen molar-refractivity contribution in [3.63, 3.8) is 0 Å². The zero-order valence-corrected chi connectivity index (χ0v) is 3.86. The highest BCUT2D eigenvalue weighted by molar-refractivity contribution is 5.72. The van der Waals surface area contributed by atoms with Crippen LogP contribution in [0.2, 0.25) is 0 Å². The highest BCUT2D eigenvalue weighted by Gasteiger charge is 1.80. The second-order valence-electron chi connectivity index (χ2n) is 0.918. The third-order valence-electron chi connectivity index (χ3n) is 0.294. The standard InChI is InChI=1S/C3H5N3O/c1-3(7)6-5-2-4/h5H,1H3,(H,6,7). The van der Waals surface area contributed by atoms with E-state index in [1.165, 1.54) is 13.1 Å². The maximum Gasteiger partial charge on any atom is 0.235 e. The highest BCUT2D eigenvalue weighted by Crippen LogP contribution is 1.47. The average molecular weight is 99.1 g/mol. The lowest BCUT2D eigenvalue weighted by Crippen LogP contribution is -2.31. The van der Waals surface area contributed by atoms with Crippen molar-refractivity contribution in [2.45, 2.75) is 6.92 Å². The minimum atomic E-state index is -0.276. The maximum absolute atomic E-state index is 9.88. The molecule has 7 heavy (non-hydrogen) atoms. The molecule has 0 radical (unpaired) electrons. The van der Waals surface area contributed by atoms with Crippen molar-refractivity contribution in [2.75, 3.05) is 0 Å². The first-order valence-electron chi connectivity index (χ1n) is 1.68. The number of amides is 1. The number of hydrazine groups is 1. The third-order valence-corrected chi connectivity index (χ3v) is 0.294. The zero-order chi connectivity index (χ0) is 5.70. The average Bonchev–Trinajstić information content (AvgIpc) is 1.61. The van der Waals surface area contributed by atoms with Gasteiger partial charge in [-0.15, -0.1) is 0 Å². The summed E-state index contributed by atoms with van der Waals surface area (Å²) in [5.41, 5.74) is 4.00. The van der Waals surface area contributed by atoms with Gasteiger partial charge in [0.1, 0.15) is 0 Å². The summed E-state index contributed by atoms with van der Waals surface area (Å²) in [5.74, 6) is -0.276. The van der Waals surface area contributed by atoms with Crippen LogP contribution in [0.4, 0.5) is 0 Å². The number of nitrogens with zero attached hydrogens (tertiary/aromatic N) is 1. The molecule has 0 aromatic carbocycles. The number of carbonyl (C=O) groups is 1. The molecule has 0 saturated carbocycles. The van der Waals surface area contributed by atoms with Crippen LogP contribution in [0.15, 0.2) is 0 Å². The van der Waals surface area contributed by atoms with Crippen LogP contribution >= 0.6 is 0 Å². The van der Waals surface area contributed by atoms with E-state index >= 15 is 0 Å². The van der Waals surface area contributed by atoms with Gasteiger partial charge < -0.3 is 0 Å². The van der Waals surface area contributed by atoms with E-state index in [9.17, 15) is 4.79 Å². The summed E-state index contributed by atoms with van der Waals surface area (Å²) in [6.45, 7) is 1.31. The molecule has 0 atom stereocenters. The Bertz CT molecular complexity index is 103. The van der Waals surface area contributed by atoms with Gasteiger partial charge >= 0.3 is 0 Å². The van der Waals surface area contributed by atoms with Crippen molar-refractivity contribution in [2.24, 2.45) is 0 Å². The van der Waals surface area contributed by atoms with E-state index in [0.29, 0.717) is 0 Å². The van der Waals surface area contributed by atoms with Crippen LogP contribution in [0.1, 0.15) is 6.92 Å². The predicted octanol–water partition coefficient (Wildman–Crippen LogP) is -0.892. The molecule has 0 rings (SSSR count). The molecule has 4 heteroatoms. The number of hydrogen-bond donors (Lipinski definition) is 2. The monoisotopic (exact) mass is 99.0 g/mol. The lowest BCUT2D eigenvalue weighted by molar-refractivity contribution is -0.119. The van der Waals surface area contributed by atoms with Crippen molar-refractivity contribution in [3.05, 3.63) is 0 Å². The molecule has 0 aromatic rings. The summed E-state index contributed by atoms with van der Waals surface area (Å²) in [6, 6.07) is 0. The molecule has 1 amide bonds. The first-order valence-corrected chi connectivity index (χ1v) is 1.68. The van der Waals surface area contributed by atoms with Gasteiger partial charge in [0.15, 0.2) is 6.19 Å². The van der Waals surface area contributed by atoms with Gasteiger partial charge in [0.2, 0.25) is 5.91 Å². The second kappa shape index (κ2) is 2.97. The van der Waals surface area contributed by atoms with Gasteiger partial charge in [-0.3, -0.25) is 10.2 Å². The van der Waals surface area contributed by atoms with E-state index in [0.717, 1.165) is 0 Å². The molecule has 4 nitrogen and oxygen atoms in total. The molecule has 0 aromatic heterocycles. The van der Waals surface area contributed by atoms with E-state index in [2.05, 4.69) is 0 Å². The Balaban J connectivity index is 3.02. The summed E-state index contributed by atoms with van der Waals surface area (Å²) < 4.78 is 0. The van der Waals surface area contributed by atoms with Crippen molar-refractivity contribution >= 4 is 5.91 Å². The molecule has 0 aliphatic carbocycles. The molecule has 0 spiro atoms. The summed E-state index contributed by atoms with van der Waals surface area (Å²) in [6.07, 6.45) is 1.52. The molecule has 0 bridgehead atoms. The third kappa shape index (κ3) is 4.76. The van der Waals surface area contributed by atoms with Gasteiger partial charge in [0.25, 0.3) is 0 Å². The van der Waals surface area contributed by atoms with Crippen molar-refractivity contribution < 1.29 is 4.79 Å². The molecule has 0 saturated heterocycles. The van der Waals surface area contributed by atoms with Crippen molar-refractivity contribution in [3.8, 4) is 6.19 Å². The first-order chi connectivity index (χ1) is 3.27. The molecule has 38 valence electrons. The van der Waals surface area contributed by atoms with Gasteiger partial charge in [-0.1, -0.05) is 0 Å². The summed E-state index contributed by atoms with van der Waals surface area (Å²) in [4.78, 5) is 9.88. The Kier molecular flexibility index (Phi) is 2.44. The van der Waals surface area contributed by atoms with Gasteiger partial charge in [-0.25, -0.2) is 5.43 Å². The van der Waals surface area contributed by atoms with Crippen LogP contribution in [-0.4, -0.2) is 5.91 Å². The Morgan fingerprint density at radius 2 is 2.43 bits per heavy atom. The lowest BCUT2D eigenvalue weighted by Gasteiger charge is -1.90. The highest BCUT2D eigenvalue weighted by atomic mass is 16.2. The quantitative estimate of drug-likeness (QED) is 0.254. The van der Waals surface area contributed by atoms with Crippen LogP contribution in [0.5, 0.6) is 0 Å². The maximum atomic E-state index is 9.88. The molecule has 0 aliphatic rings. The van der Waals surface area contributed by atoms with E-state index in [1.54, 1.807) is 0 Å². The molecular weight excluding hydrogens is 94.1 g/mol. The van der Waals surface area contributed by atoms with Gasteiger partial charge in [-0.2, -0.15) is 5.26 Å². The van der Waals surface area contributed by atoms with Crippen LogP contribution in [0, 0.1) is 11.5 Å². The van der Waals surface area contributed by atoms with E-state index in [4.69, 9.17) is 5.26 Å². The second-order valence-corrected chi connectivity index (χ2v) is 0.918. The summed E-state index contributed by atoms with van der Waals surface area (Å²) >= 11 is 0. The number of carbonyl (C=O) groups excluding carboxylic acids is 1. The molecular formula is C3H5N3O. The molecule has 0 heterocycles. The Labute approximate surface area is 41.1 Å². The molecule has 0 fully saturated rings. The zero-order valence-electron chi connectivity index (χ0n) is 3.86. The molecule has 0 unspecified atom stereocenters. The molecule has 2 N–H and O–H groups in total. The van der Waals surface area contributed by atoms with Crippen LogP contribution in [0.3, 0.4) is 0 Å². The van der Waals surface area contributed by atoms with Gasteiger partial charge in [0, 0.05) is 6.92 Å². The van der Waals surface area contributed by atoms with Gasteiger partial charge in [0.05, 0.1) is 0 Å². The topological polar surface area (TPSA) is 64.9 Å². The van der Waals surface area contributed by atoms with Crippen LogP contribution in [-0.2, 0) is 4.79 Å². The molecule has 0 aliphatic heterocycles. The summed E-state index contributed by atoms with van der Waals surface area (Å²) in [5, 5.41) is 7.74. The fourth-order valence-electron chi connectivity index (χ4n) is 0.116. The number of hydrogen-bond acceptors (Lipinski definition) is 3. The Morgan fingerprint density at radius 3 is 2.57 bits per heavy atom. The Hall–Kier alpha value is -1.24. The van der Waals surface area contributed by atoms with Gasteiger partial charge in [-0.05, 0) is 0 Å². The minimum absolute atomic E-state index is 0.276. The normalized spacial score (nSPS) is 6.29. The fraction of sp³-hybridized carbons (Fsp3) is 0.333. The predicted molar refractivity (Wildman–Crippen MR) is 22.6 cm³/mol. The smallest absolute Gasteiger partial charge is 0.235 e. The van der Waals surface area contributed by atoms with E-state index < -0.39 is 0 Å². The number of rotatable bonds is 1. The number of nitrogens with one attached hydrogen (secondary N) is 2. The minimum Gasteiger partial charge on any atom is -0.274 e. The SMILES string of the molecule is CC(=O)NNC#N. The lowest BCUT2D eigenvalue weighted by atomic mass is 10.8. The van der Waals surface area contributed by atoms with Crippen molar-refractivity contribution in [1.29, 1.82) is 5.26 Å². The largest absolute Gasteiger partial charge is 0.274 e.